The lowest BCUT2D eigenvalue weighted by Gasteiger charge is -2.13. The number of esters is 1. The van der Waals surface area contributed by atoms with Crippen LogP contribution in [0.4, 0.5) is 4.79 Å². The number of amides is 2. The lowest BCUT2D eigenvalue weighted by atomic mass is 10.1. The largest absolute Gasteiger partial charge is 0.480 e. The summed E-state index contributed by atoms with van der Waals surface area (Å²) in [5.41, 5.74) is 0. The van der Waals surface area contributed by atoms with Crippen molar-refractivity contribution in [2.24, 2.45) is 0 Å². The van der Waals surface area contributed by atoms with E-state index in [1.807, 2.05) is 0 Å². The first kappa shape index (κ1) is 14.2. The Morgan fingerprint density at radius 1 is 1.38 bits per heavy atom. The molecule has 0 saturated heterocycles. The summed E-state index contributed by atoms with van der Waals surface area (Å²) >= 11 is 0. The monoisotopic (exact) mass is 232 g/mol. The molecule has 0 saturated carbocycles. The fourth-order valence-electron chi connectivity index (χ4n) is 0.991. The van der Waals surface area contributed by atoms with E-state index in [-0.39, 0.29) is 12.8 Å². The molecule has 0 aromatic rings. The van der Waals surface area contributed by atoms with E-state index in [0.717, 1.165) is 0 Å². The second-order valence-corrected chi connectivity index (χ2v) is 3.01. The van der Waals surface area contributed by atoms with Gasteiger partial charge in [0, 0.05) is 13.0 Å². The summed E-state index contributed by atoms with van der Waals surface area (Å²) in [6.07, 6.45) is -0.0565. The second kappa shape index (κ2) is 7.49. The smallest absolute Gasteiger partial charge is 0.326 e. The van der Waals surface area contributed by atoms with Crippen molar-refractivity contribution in [3.05, 3.63) is 0 Å². The highest BCUT2D eigenvalue weighted by atomic mass is 16.5. The minimum absolute atomic E-state index is 0.000852. The molecule has 0 rings (SSSR count). The van der Waals surface area contributed by atoms with Crippen molar-refractivity contribution in [3.8, 4) is 0 Å². The standard InChI is InChI=1S/C9H16N2O5/c1-3-10-9(15)11-6(8(13)14)4-5-7(12)16-2/h6H,3-5H2,1-2H3,(H,13,14)(H2,10,11,15)/t6-/m0/s1. The third kappa shape index (κ3) is 5.84. The number of carboxylic acids is 1. The van der Waals surface area contributed by atoms with Crippen molar-refractivity contribution in [1.82, 2.24) is 10.6 Å². The van der Waals surface area contributed by atoms with Gasteiger partial charge in [-0.05, 0) is 13.3 Å². The SMILES string of the molecule is CCNC(=O)N[C@@H](CCC(=O)OC)C(=O)O. The predicted octanol–water partition coefficient (Wildman–Crippen LogP) is -0.288. The molecule has 0 aliphatic carbocycles. The van der Waals surface area contributed by atoms with Crippen LogP contribution in [0, 0.1) is 0 Å². The van der Waals surface area contributed by atoms with Gasteiger partial charge in [-0.1, -0.05) is 0 Å². The zero-order valence-electron chi connectivity index (χ0n) is 9.28. The van der Waals surface area contributed by atoms with Crippen LogP contribution in [0.25, 0.3) is 0 Å². The second-order valence-electron chi connectivity index (χ2n) is 3.01. The summed E-state index contributed by atoms with van der Waals surface area (Å²) in [6, 6.07) is -1.66. The van der Waals surface area contributed by atoms with Crippen LogP contribution in [0.2, 0.25) is 0 Å². The minimum atomic E-state index is -1.19. The lowest BCUT2D eigenvalue weighted by molar-refractivity contribution is -0.142. The summed E-state index contributed by atoms with van der Waals surface area (Å²) in [7, 11) is 1.22. The Bertz CT molecular complexity index is 267. The summed E-state index contributed by atoms with van der Waals surface area (Å²) in [4.78, 5) is 32.6. The van der Waals surface area contributed by atoms with Gasteiger partial charge >= 0.3 is 18.0 Å². The number of nitrogens with one attached hydrogen (secondary N) is 2. The highest BCUT2D eigenvalue weighted by Crippen LogP contribution is 1.99. The van der Waals surface area contributed by atoms with E-state index in [2.05, 4.69) is 15.4 Å². The molecule has 0 aromatic heterocycles. The van der Waals surface area contributed by atoms with Gasteiger partial charge in [0.25, 0.3) is 0 Å². The molecule has 3 N–H and O–H groups in total. The van der Waals surface area contributed by atoms with E-state index < -0.39 is 24.0 Å². The van der Waals surface area contributed by atoms with Gasteiger partial charge in [-0.2, -0.15) is 0 Å². The number of carbonyl (C=O) groups excluding carboxylic acids is 2. The van der Waals surface area contributed by atoms with Crippen molar-refractivity contribution in [1.29, 1.82) is 0 Å². The summed E-state index contributed by atoms with van der Waals surface area (Å²) < 4.78 is 4.37. The molecule has 0 fully saturated rings. The average Bonchev–Trinajstić information content (AvgIpc) is 2.23. The molecule has 0 heterocycles. The number of hydrogen-bond acceptors (Lipinski definition) is 4. The third-order valence-electron chi connectivity index (χ3n) is 1.81. The quantitative estimate of drug-likeness (QED) is 0.546. The van der Waals surface area contributed by atoms with E-state index in [4.69, 9.17) is 5.11 Å². The first-order valence-corrected chi connectivity index (χ1v) is 4.85. The molecule has 0 radical (unpaired) electrons. The van der Waals surface area contributed by atoms with Crippen molar-refractivity contribution >= 4 is 18.0 Å². The van der Waals surface area contributed by atoms with Gasteiger partial charge in [0.15, 0.2) is 0 Å². The molecule has 0 bridgehead atoms. The molecular formula is C9H16N2O5. The molecule has 0 spiro atoms. The summed E-state index contributed by atoms with van der Waals surface area (Å²) in [5, 5.41) is 13.4. The van der Waals surface area contributed by atoms with E-state index in [0.29, 0.717) is 6.54 Å². The van der Waals surface area contributed by atoms with Gasteiger partial charge < -0.3 is 20.5 Å². The van der Waals surface area contributed by atoms with Gasteiger partial charge in [0.2, 0.25) is 0 Å². The van der Waals surface area contributed by atoms with Crippen LogP contribution >= 0.6 is 0 Å². The minimum Gasteiger partial charge on any atom is -0.480 e. The molecule has 16 heavy (non-hydrogen) atoms. The Morgan fingerprint density at radius 2 is 2.00 bits per heavy atom. The zero-order chi connectivity index (χ0) is 12.6. The number of rotatable bonds is 6. The Labute approximate surface area is 93.2 Å². The number of ether oxygens (including phenoxy) is 1. The Kier molecular flexibility index (Phi) is 6.66. The molecule has 0 unspecified atom stereocenters. The van der Waals surface area contributed by atoms with Gasteiger partial charge in [-0.3, -0.25) is 4.79 Å². The number of carbonyl (C=O) groups is 3. The Morgan fingerprint density at radius 3 is 2.44 bits per heavy atom. The van der Waals surface area contributed by atoms with E-state index in [9.17, 15) is 14.4 Å². The number of methoxy groups -OCH3 is 1. The van der Waals surface area contributed by atoms with Crippen LogP contribution in [0.15, 0.2) is 0 Å². The average molecular weight is 232 g/mol. The maximum atomic E-state index is 11.1. The molecule has 92 valence electrons. The fraction of sp³-hybridized carbons (Fsp3) is 0.667. The van der Waals surface area contributed by atoms with Crippen LogP contribution < -0.4 is 10.6 Å². The Hall–Kier alpha value is -1.79. The molecule has 0 aromatic carbocycles. The number of carboxylic acid groups (broad SMARTS) is 1. The molecule has 1 atom stereocenters. The highest BCUT2D eigenvalue weighted by molar-refractivity contribution is 5.83. The van der Waals surface area contributed by atoms with Crippen LogP contribution in [0.5, 0.6) is 0 Å². The van der Waals surface area contributed by atoms with Gasteiger partial charge in [-0.25, -0.2) is 9.59 Å². The highest BCUT2D eigenvalue weighted by Gasteiger charge is 2.20. The zero-order valence-corrected chi connectivity index (χ0v) is 9.28. The molecule has 7 nitrogen and oxygen atoms in total. The van der Waals surface area contributed by atoms with Crippen LogP contribution in [0.3, 0.4) is 0 Å². The molecular weight excluding hydrogens is 216 g/mol. The maximum Gasteiger partial charge on any atom is 0.326 e. The maximum absolute atomic E-state index is 11.1. The molecule has 0 aliphatic heterocycles. The van der Waals surface area contributed by atoms with Gasteiger partial charge in [0.05, 0.1) is 7.11 Å². The van der Waals surface area contributed by atoms with Gasteiger partial charge in [0.1, 0.15) is 6.04 Å². The Balaban J connectivity index is 4.12. The van der Waals surface area contributed by atoms with Crippen molar-refractivity contribution < 1.29 is 24.2 Å². The van der Waals surface area contributed by atoms with Crippen LogP contribution in [0.1, 0.15) is 19.8 Å². The molecule has 7 heteroatoms. The predicted molar refractivity (Wildman–Crippen MR) is 54.9 cm³/mol. The topological polar surface area (TPSA) is 105 Å². The number of hydrogen-bond donors (Lipinski definition) is 3. The van der Waals surface area contributed by atoms with Crippen molar-refractivity contribution in [3.63, 3.8) is 0 Å². The van der Waals surface area contributed by atoms with E-state index in [1.165, 1.54) is 7.11 Å². The van der Waals surface area contributed by atoms with Gasteiger partial charge in [-0.15, -0.1) is 0 Å². The van der Waals surface area contributed by atoms with Crippen molar-refractivity contribution in [2.75, 3.05) is 13.7 Å². The summed E-state index contributed by atoms with van der Waals surface area (Å²) in [6.45, 7) is 2.11. The van der Waals surface area contributed by atoms with Crippen LogP contribution in [-0.2, 0) is 14.3 Å². The first-order chi connectivity index (χ1) is 7.51. The number of urea groups is 1. The number of aliphatic carboxylic acids is 1. The van der Waals surface area contributed by atoms with E-state index in [1.54, 1.807) is 6.92 Å². The van der Waals surface area contributed by atoms with E-state index >= 15 is 0 Å². The molecule has 0 aliphatic rings. The van der Waals surface area contributed by atoms with Crippen LogP contribution in [-0.4, -0.2) is 42.8 Å². The lowest BCUT2D eigenvalue weighted by Crippen LogP contribution is -2.46. The van der Waals surface area contributed by atoms with Crippen molar-refractivity contribution in [2.45, 2.75) is 25.8 Å². The molecule has 2 amide bonds. The normalized spacial score (nSPS) is 11.4. The third-order valence-corrected chi connectivity index (χ3v) is 1.81. The summed E-state index contributed by atoms with van der Waals surface area (Å²) in [5.74, 6) is -1.70. The first-order valence-electron chi connectivity index (χ1n) is 4.85. The fourth-order valence-corrected chi connectivity index (χ4v) is 0.991.